The Labute approximate surface area is 183 Å². The SMILES string of the molecule is O=C(COC(=O)[C@@H]1CCCN1)c1ccc(OS(=O)(=O)C(F)(F)F)c2c1CC1(CCCC1)C2. The number of benzene rings is 1. The summed E-state index contributed by atoms with van der Waals surface area (Å²) >= 11 is 0. The Morgan fingerprint density at radius 1 is 1.09 bits per heavy atom. The van der Waals surface area contributed by atoms with Crippen LogP contribution in [0.5, 0.6) is 5.75 Å². The van der Waals surface area contributed by atoms with Crippen molar-refractivity contribution in [2.24, 2.45) is 5.41 Å². The van der Waals surface area contributed by atoms with E-state index in [1.54, 1.807) is 0 Å². The fraction of sp³-hybridized carbons (Fsp3) is 0.619. The summed E-state index contributed by atoms with van der Waals surface area (Å²) < 4.78 is 71.3. The maximum absolute atomic E-state index is 12.9. The van der Waals surface area contributed by atoms with Crippen LogP contribution in [0.4, 0.5) is 13.2 Å². The topological polar surface area (TPSA) is 98.8 Å². The number of Topliss-reactive ketones (excluding diaryl/α,β-unsaturated/α-hetero) is 1. The Hall–Kier alpha value is -2.14. The second-order valence-electron chi connectivity index (χ2n) is 8.79. The molecule has 1 N–H and O–H groups in total. The van der Waals surface area contributed by atoms with Gasteiger partial charge in [0.25, 0.3) is 0 Å². The van der Waals surface area contributed by atoms with Crippen molar-refractivity contribution in [2.45, 2.75) is 62.9 Å². The van der Waals surface area contributed by atoms with Crippen LogP contribution in [0.1, 0.15) is 60.0 Å². The lowest BCUT2D eigenvalue weighted by molar-refractivity contribution is -0.144. The number of nitrogens with one attached hydrogen (secondary N) is 1. The van der Waals surface area contributed by atoms with Gasteiger partial charge in [-0.05, 0) is 68.2 Å². The minimum atomic E-state index is -5.83. The Morgan fingerprint density at radius 2 is 1.78 bits per heavy atom. The van der Waals surface area contributed by atoms with E-state index in [1.165, 1.54) is 6.07 Å². The van der Waals surface area contributed by atoms with Gasteiger partial charge in [-0.15, -0.1) is 0 Å². The number of ketones is 1. The molecule has 0 aromatic heterocycles. The highest BCUT2D eigenvalue weighted by atomic mass is 32.2. The van der Waals surface area contributed by atoms with Gasteiger partial charge in [0, 0.05) is 11.1 Å². The van der Waals surface area contributed by atoms with Crippen molar-refractivity contribution in [3.8, 4) is 5.75 Å². The number of alkyl halides is 3. The van der Waals surface area contributed by atoms with E-state index >= 15 is 0 Å². The van der Waals surface area contributed by atoms with E-state index in [1.807, 2.05) is 0 Å². The van der Waals surface area contributed by atoms with E-state index in [4.69, 9.17) is 4.74 Å². The first-order valence-corrected chi connectivity index (χ1v) is 12.0. The van der Waals surface area contributed by atoms with E-state index in [0.717, 1.165) is 38.2 Å². The quantitative estimate of drug-likeness (QED) is 0.292. The number of rotatable bonds is 6. The zero-order valence-corrected chi connectivity index (χ0v) is 18.1. The molecule has 0 bridgehead atoms. The molecule has 2 fully saturated rings. The zero-order valence-electron chi connectivity index (χ0n) is 17.3. The minimum absolute atomic E-state index is 0.219. The van der Waals surface area contributed by atoms with Gasteiger partial charge < -0.3 is 14.2 Å². The van der Waals surface area contributed by atoms with Crippen LogP contribution >= 0.6 is 0 Å². The molecule has 176 valence electrons. The molecule has 0 radical (unpaired) electrons. The summed E-state index contributed by atoms with van der Waals surface area (Å²) in [6.45, 7) is 0.211. The first kappa shape index (κ1) is 23.0. The van der Waals surface area contributed by atoms with Crippen molar-refractivity contribution in [3.05, 3.63) is 28.8 Å². The highest BCUT2D eigenvalue weighted by molar-refractivity contribution is 7.88. The van der Waals surface area contributed by atoms with Crippen LogP contribution in [0, 0.1) is 5.41 Å². The number of carbonyl (C=O) groups is 2. The number of ether oxygens (including phenoxy) is 1. The van der Waals surface area contributed by atoms with Gasteiger partial charge >= 0.3 is 21.6 Å². The summed E-state index contributed by atoms with van der Waals surface area (Å²) in [4.78, 5) is 24.9. The van der Waals surface area contributed by atoms with Gasteiger partial charge in [0.2, 0.25) is 5.78 Å². The molecule has 0 amide bonds. The predicted molar refractivity (Wildman–Crippen MR) is 107 cm³/mol. The second kappa shape index (κ2) is 8.33. The Balaban J connectivity index is 1.59. The van der Waals surface area contributed by atoms with E-state index in [-0.39, 0.29) is 11.0 Å². The Morgan fingerprint density at radius 3 is 2.41 bits per heavy atom. The molecule has 1 aromatic rings. The molecule has 11 heteroatoms. The minimum Gasteiger partial charge on any atom is -0.456 e. The molecule has 3 aliphatic rings. The van der Waals surface area contributed by atoms with Crippen molar-refractivity contribution in [2.75, 3.05) is 13.2 Å². The molecular weight excluding hydrogens is 451 g/mol. The third-order valence-corrected chi connectivity index (χ3v) is 7.60. The highest BCUT2D eigenvalue weighted by Gasteiger charge is 2.50. The van der Waals surface area contributed by atoms with Gasteiger partial charge in [0.05, 0.1) is 0 Å². The average molecular weight is 475 g/mol. The second-order valence-corrected chi connectivity index (χ2v) is 10.3. The fourth-order valence-electron chi connectivity index (χ4n) is 5.06. The number of hydrogen-bond donors (Lipinski definition) is 1. The van der Waals surface area contributed by atoms with Crippen molar-refractivity contribution < 1.29 is 40.1 Å². The van der Waals surface area contributed by atoms with Gasteiger partial charge in [0.1, 0.15) is 11.8 Å². The van der Waals surface area contributed by atoms with Crippen LogP contribution in [0.3, 0.4) is 0 Å². The number of halogens is 3. The van der Waals surface area contributed by atoms with Gasteiger partial charge in [-0.2, -0.15) is 21.6 Å². The van der Waals surface area contributed by atoms with Crippen LogP contribution in [0.2, 0.25) is 0 Å². The summed E-state index contributed by atoms with van der Waals surface area (Å²) in [7, 11) is -5.83. The number of hydrogen-bond acceptors (Lipinski definition) is 7. The summed E-state index contributed by atoms with van der Waals surface area (Å²) in [6, 6.07) is 1.90. The van der Waals surface area contributed by atoms with E-state index in [9.17, 15) is 31.2 Å². The predicted octanol–water partition coefficient (Wildman–Crippen LogP) is 3.05. The Kier molecular flexibility index (Phi) is 6.00. The normalized spacial score (nSPS) is 22.2. The maximum atomic E-state index is 12.9. The highest BCUT2D eigenvalue weighted by Crippen LogP contribution is 2.52. The lowest BCUT2D eigenvalue weighted by Gasteiger charge is -2.21. The van der Waals surface area contributed by atoms with Crippen LogP contribution in [-0.2, 0) is 32.5 Å². The molecule has 1 heterocycles. The fourth-order valence-corrected chi connectivity index (χ4v) is 5.55. The third kappa shape index (κ3) is 4.36. The molecule has 7 nitrogen and oxygen atoms in total. The van der Waals surface area contributed by atoms with Crippen LogP contribution in [-0.4, -0.2) is 44.9 Å². The van der Waals surface area contributed by atoms with Gasteiger partial charge in [-0.3, -0.25) is 9.59 Å². The molecule has 1 saturated carbocycles. The Bertz CT molecular complexity index is 1020. The molecule has 4 rings (SSSR count). The summed E-state index contributed by atoms with van der Waals surface area (Å²) in [6.07, 6.45) is 5.85. The van der Waals surface area contributed by atoms with Gasteiger partial charge in [-0.25, -0.2) is 0 Å². The van der Waals surface area contributed by atoms with Crippen molar-refractivity contribution in [1.82, 2.24) is 5.32 Å². The number of carbonyl (C=O) groups excluding carboxylic acids is 2. The van der Waals surface area contributed by atoms with E-state index in [0.29, 0.717) is 36.9 Å². The van der Waals surface area contributed by atoms with Crippen LogP contribution in [0.15, 0.2) is 12.1 Å². The molecule has 1 saturated heterocycles. The molecule has 2 aliphatic carbocycles. The zero-order chi connectivity index (χ0) is 23.1. The summed E-state index contributed by atoms with van der Waals surface area (Å²) in [5, 5.41) is 2.98. The van der Waals surface area contributed by atoms with Crippen molar-refractivity contribution >= 4 is 21.9 Å². The van der Waals surface area contributed by atoms with Crippen LogP contribution in [0.25, 0.3) is 0 Å². The molecule has 1 spiro atoms. The third-order valence-electron chi connectivity index (χ3n) is 6.63. The summed E-state index contributed by atoms with van der Waals surface area (Å²) in [5.74, 6) is -1.39. The molecular formula is C21H24F3NO6S. The molecule has 32 heavy (non-hydrogen) atoms. The van der Waals surface area contributed by atoms with Gasteiger partial charge in [-0.1, -0.05) is 12.8 Å². The monoisotopic (exact) mass is 475 g/mol. The standard InChI is InChI=1S/C21H24F3NO6S/c22-21(23,24)32(28,29)31-18-6-5-13(14-10-20(11-15(14)18)7-1-2-8-20)17(26)12-30-19(27)16-4-3-9-25-16/h5-6,16,25H,1-4,7-12H2/t16-/m0/s1. The lowest BCUT2D eigenvalue weighted by Crippen LogP contribution is -2.33. The largest absolute Gasteiger partial charge is 0.534 e. The molecule has 1 aromatic carbocycles. The number of fused-ring (bicyclic) bond motifs is 1. The molecule has 1 atom stereocenters. The number of esters is 1. The van der Waals surface area contributed by atoms with E-state index < -0.39 is 45.8 Å². The summed E-state index contributed by atoms with van der Waals surface area (Å²) in [5.41, 5.74) is -4.74. The van der Waals surface area contributed by atoms with E-state index in [2.05, 4.69) is 9.50 Å². The van der Waals surface area contributed by atoms with Crippen molar-refractivity contribution in [3.63, 3.8) is 0 Å². The van der Waals surface area contributed by atoms with Crippen molar-refractivity contribution in [1.29, 1.82) is 0 Å². The average Bonchev–Trinajstić information content (AvgIpc) is 3.46. The molecule has 0 unspecified atom stereocenters. The smallest absolute Gasteiger partial charge is 0.456 e. The lowest BCUT2D eigenvalue weighted by atomic mass is 9.83. The molecule has 1 aliphatic heterocycles. The van der Waals surface area contributed by atoms with Gasteiger partial charge in [0.15, 0.2) is 6.61 Å². The maximum Gasteiger partial charge on any atom is 0.534 e. The first-order valence-electron chi connectivity index (χ1n) is 10.6. The first-order chi connectivity index (χ1) is 15.0. The van der Waals surface area contributed by atoms with Crippen LogP contribution < -0.4 is 9.50 Å².